The van der Waals surface area contributed by atoms with Gasteiger partial charge >= 0.3 is 5.78 Å². The van der Waals surface area contributed by atoms with E-state index in [0.717, 1.165) is 11.1 Å². The molecule has 1 atom stereocenters. The quantitative estimate of drug-likeness (QED) is 0.603. The lowest BCUT2D eigenvalue weighted by Gasteiger charge is -2.45. The molecule has 1 heterocycles. The zero-order valence-corrected chi connectivity index (χ0v) is 19.0. The number of allylic oxidation sites excluding steroid dienone is 2. The van der Waals surface area contributed by atoms with E-state index in [0.29, 0.717) is 22.7 Å². The van der Waals surface area contributed by atoms with Crippen molar-refractivity contribution in [3.05, 3.63) is 46.5 Å². The maximum atomic E-state index is 14.2. The second-order valence-electron chi connectivity index (χ2n) is 11.1. The summed E-state index contributed by atoms with van der Waals surface area (Å²) in [6.45, 7) is 19.2. The first kappa shape index (κ1) is 20.9. The minimum absolute atomic E-state index is 0.0328. The number of hydrogen-bond donors (Lipinski definition) is 0. The predicted molar refractivity (Wildman–Crippen MR) is 114 cm³/mol. The van der Waals surface area contributed by atoms with E-state index in [9.17, 15) is 5.11 Å². The fourth-order valence-corrected chi connectivity index (χ4v) is 3.93. The molecule has 0 N–H and O–H groups in total. The van der Waals surface area contributed by atoms with Crippen LogP contribution >= 0.6 is 0 Å². The highest BCUT2D eigenvalue weighted by Gasteiger charge is 2.47. The van der Waals surface area contributed by atoms with Crippen molar-refractivity contribution in [3.63, 3.8) is 0 Å². The minimum Gasteiger partial charge on any atom is -0.812 e. The first-order valence-corrected chi connectivity index (χ1v) is 10.0. The molecule has 0 aromatic heterocycles. The number of carbonyl (C=O) groups excluding carboxylic acids is 1. The van der Waals surface area contributed by atoms with Crippen molar-refractivity contribution in [2.45, 2.75) is 78.9 Å². The summed E-state index contributed by atoms with van der Waals surface area (Å²) in [5.74, 6) is -0.311. The Balaban J connectivity index is 2.36. The molecule has 0 amide bonds. The van der Waals surface area contributed by atoms with Gasteiger partial charge in [-0.25, -0.2) is 0 Å². The van der Waals surface area contributed by atoms with Gasteiger partial charge in [0.25, 0.3) is 7.11 Å². The minimum atomic E-state index is -1.72. The molecule has 0 saturated heterocycles. The molecule has 152 valence electrons. The van der Waals surface area contributed by atoms with Crippen LogP contribution in [0.2, 0.25) is 0 Å². The third-order valence-electron chi connectivity index (χ3n) is 5.63. The van der Waals surface area contributed by atoms with Gasteiger partial charge in [0.2, 0.25) is 0 Å². The second kappa shape index (κ2) is 6.06. The molecule has 3 rings (SSSR count). The molecular formula is C25H34O3. The average Bonchev–Trinajstić information content (AvgIpc) is 2.81. The van der Waals surface area contributed by atoms with Gasteiger partial charge in [-0.15, -0.1) is 0 Å². The molecule has 3 heteroatoms. The molecule has 0 spiro atoms. The van der Waals surface area contributed by atoms with Crippen molar-refractivity contribution in [2.24, 2.45) is 5.41 Å². The van der Waals surface area contributed by atoms with Crippen molar-refractivity contribution in [2.75, 3.05) is 7.11 Å². The lowest BCUT2D eigenvalue weighted by molar-refractivity contribution is -0.495. The average molecular weight is 383 g/mol. The Labute approximate surface area is 169 Å². The SMILES string of the molecule is C[O+]=C1C=C2c3cc(C(C)(C)C)cc(C(C)(C)C)c3OC2([O-])C(C(C)(C)C)=C1. The Hall–Kier alpha value is -1.87. The molecule has 0 bridgehead atoms. The smallest absolute Gasteiger partial charge is 0.343 e. The molecule has 1 unspecified atom stereocenters. The maximum absolute atomic E-state index is 14.2. The molecule has 1 aromatic carbocycles. The molecular weight excluding hydrogens is 348 g/mol. The summed E-state index contributed by atoms with van der Waals surface area (Å²) in [7, 11) is 1.64. The molecule has 1 aliphatic heterocycles. The van der Waals surface area contributed by atoms with E-state index in [1.807, 2.05) is 32.9 Å². The first-order valence-electron chi connectivity index (χ1n) is 10.0. The highest BCUT2D eigenvalue weighted by molar-refractivity contribution is 6.10. The normalized spacial score (nSPS) is 23.8. The van der Waals surface area contributed by atoms with Crippen LogP contribution in [-0.2, 0) is 15.3 Å². The van der Waals surface area contributed by atoms with Crippen LogP contribution in [0.15, 0.2) is 29.9 Å². The summed E-state index contributed by atoms with van der Waals surface area (Å²) in [4.78, 5) is 0. The highest BCUT2D eigenvalue weighted by Crippen LogP contribution is 2.54. The summed E-state index contributed by atoms with van der Waals surface area (Å²) >= 11 is 0. The predicted octanol–water partition coefficient (Wildman–Crippen LogP) is 4.83. The molecule has 0 radical (unpaired) electrons. The number of ether oxygens (including phenoxy) is 1. The van der Waals surface area contributed by atoms with Gasteiger partial charge in [-0.2, -0.15) is 0 Å². The van der Waals surface area contributed by atoms with E-state index in [4.69, 9.17) is 9.16 Å². The van der Waals surface area contributed by atoms with Crippen molar-refractivity contribution < 1.29 is 14.3 Å². The summed E-state index contributed by atoms with van der Waals surface area (Å²) < 4.78 is 11.8. The maximum Gasteiger partial charge on any atom is 0.343 e. The van der Waals surface area contributed by atoms with Gasteiger partial charge in [-0.1, -0.05) is 68.4 Å². The van der Waals surface area contributed by atoms with E-state index >= 15 is 0 Å². The molecule has 1 aromatic rings. The highest BCUT2D eigenvalue weighted by atomic mass is 16.6. The van der Waals surface area contributed by atoms with Crippen LogP contribution in [0.1, 0.15) is 79.0 Å². The van der Waals surface area contributed by atoms with Gasteiger partial charge in [0, 0.05) is 28.9 Å². The van der Waals surface area contributed by atoms with E-state index in [1.54, 1.807) is 7.11 Å². The Kier molecular flexibility index (Phi) is 4.51. The van der Waals surface area contributed by atoms with Gasteiger partial charge in [0.05, 0.1) is 5.79 Å². The van der Waals surface area contributed by atoms with E-state index < -0.39 is 5.79 Å². The molecule has 1 aliphatic carbocycles. The van der Waals surface area contributed by atoms with Crippen LogP contribution in [0.3, 0.4) is 0 Å². The van der Waals surface area contributed by atoms with Crippen LogP contribution in [-0.4, -0.2) is 18.7 Å². The largest absolute Gasteiger partial charge is 0.812 e. The number of benzene rings is 1. The fraction of sp³-hybridized carbons (Fsp3) is 0.560. The van der Waals surface area contributed by atoms with Gasteiger partial charge in [0.1, 0.15) is 5.75 Å². The van der Waals surface area contributed by atoms with Crippen molar-refractivity contribution in [1.29, 1.82) is 0 Å². The lowest BCUT2D eigenvalue weighted by atomic mass is 9.74. The lowest BCUT2D eigenvalue weighted by Crippen LogP contribution is -2.54. The van der Waals surface area contributed by atoms with Gasteiger partial charge in [0.15, 0.2) is 0 Å². The monoisotopic (exact) mass is 382 g/mol. The van der Waals surface area contributed by atoms with Crippen molar-refractivity contribution in [3.8, 4) is 5.75 Å². The number of hydrogen-bond acceptors (Lipinski definition) is 2. The molecule has 28 heavy (non-hydrogen) atoms. The zero-order chi connectivity index (χ0) is 21.3. The fourth-order valence-electron chi connectivity index (χ4n) is 3.93. The standard InChI is InChI=1S/C25H34O3/c1-22(2,3)15-11-17-18-13-16(27-10)14-20(24(7,8)9)25(18,26)28-21(17)19(12-15)23(4,5)6/h11-14H,1-10H3. The Morgan fingerprint density at radius 3 is 1.93 bits per heavy atom. The van der Waals surface area contributed by atoms with Crippen LogP contribution in [0.5, 0.6) is 5.75 Å². The van der Waals surface area contributed by atoms with Crippen molar-refractivity contribution in [1.82, 2.24) is 0 Å². The first-order chi connectivity index (χ1) is 12.6. The second-order valence-corrected chi connectivity index (χ2v) is 11.1. The van der Waals surface area contributed by atoms with Crippen LogP contribution in [0, 0.1) is 5.41 Å². The summed E-state index contributed by atoms with van der Waals surface area (Å²) in [5.41, 5.74) is 4.01. The van der Waals surface area contributed by atoms with Crippen molar-refractivity contribution >= 4 is 11.4 Å². The van der Waals surface area contributed by atoms with Gasteiger partial charge < -0.3 is 9.84 Å². The van der Waals surface area contributed by atoms with Crippen LogP contribution < -0.4 is 9.84 Å². The van der Waals surface area contributed by atoms with E-state index in [-0.39, 0.29) is 16.2 Å². The Morgan fingerprint density at radius 2 is 1.46 bits per heavy atom. The summed E-state index contributed by atoms with van der Waals surface area (Å²) in [5, 5.41) is 14.2. The number of fused-ring (bicyclic) bond motifs is 3. The Bertz CT molecular complexity index is 909. The third-order valence-corrected chi connectivity index (χ3v) is 5.63. The zero-order valence-electron chi connectivity index (χ0n) is 19.0. The van der Waals surface area contributed by atoms with E-state index in [1.165, 1.54) is 5.56 Å². The molecule has 0 saturated carbocycles. The van der Waals surface area contributed by atoms with Crippen LogP contribution in [0.25, 0.3) is 5.57 Å². The molecule has 3 nitrogen and oxygen atoms in total. The van der Waals surface area contributed by atoms with Gasteiger partial charge in [-0.3, -0.25) is 4.42 Å². The third kappa shape index (κ3) is 3.24. The topological polar surface area (TPSA) is 43.6 Å². The number of ketones is 1. The Morgan fingerprint density at radius 1 is 0.857 bits per heavy atom. The van der Waals surface area contributed by atoms with Gasteiger partial charge in [-0.05, 0) is 33.4 Å². The van der Waals surface area contributed by atoms with Crippen LogP contribution in [0.4, 0.5) is 0 Å². The molecule has 2 aliphatic rings. The van der Waals surface area contributed by atoms with E-state index in [2.05, 4.69) is 53.7 Å². The molecule has 0 fully saturated rings. The number of rotatable bonds is 0. The summed E-state index contributed by atoms with van der Waals surface area (Å²) in [6, 6.07) is 4.34. The summed E-state index contributed by atoms with van der Waals surface area (Å²) in [6.07, 6.45) is 3.71.